The van der Waals surface area contributed by atoms with Crippen LogP contribution in [0.5, 0.6) is 0 Å². The number of likely N-dealkylation sites (N-methyl/N-ethyl adjacent to an activating group) is 1. The van der Waals surface area contributed by atoms with Crippen LogP contribution in [0, 0.1) is 0 Å². The minimum Gasteiger partial charge on any atom is -0.370 e. The SMILES string of the molecule is CCN1CC(CC)(CC)NCc2ccccc21. The minimum absolute atomic E-state index is 0.273. The third-order valence-electron chi connectivity index (χ3n) is 4.21. The molecule has 0 fully saturated rings. The van der Waals surface area contributed by atoms with Gasteiger partial charge in [-0.15, -0.1) is 0 Å². The van der Waals surface area contributed by atoms with E-state index in [2.05, 4.69) is 55.3 Å². The van der Waals surface area contributed by atoms with Crippen molar-refractivity contribution in [1.29, 1.82) is 0 Å². The number of anilines is 1. The fourth-order valence-electron chi connectivity index (χ4n) is 2.76. The maximum atomic E-state index is 3.77. The lowest BCUT2D eigenvalue weighted by Gasteiger charge is -2.36. The average Bonchev–Trinajstić information content (AvgIpc) is 2.56. The molecule has 0 radical (unpaired) electrons. The van der Waals surface area contributed by atoms with Gasteiger partial charge in [-0.1, -0.05) is 32.0 Å². The Bertz CT molecular complexity index is 369. The van der Waals surface area contributed by atoms with E-state index in [9.17, 15) is 0 Å². The molecule has 1 aliphatic heterocycles. The maximum Gasteiger partial charge on any atom is 0.0412 e. The zero-order valence-electron chi connectivity index (χ0n) is 11.3. The van der Waals surface area contributed by atoms with Crippen molar-refractivity contribution in [3.05, 3.63) is 29.8 Å². The molecule has 0 bridgehead atoms. The summed E-state index contributed by atoms with van der Waals surface area (Å²) < 4.78 is 0. The molecule has 1 aliphatic rings. The molecule has 2 heteroatoms. The average molecular weight is 232 g/mol. The maximum absolute atomic E-state index is 3.77. The number of hydrogen-bond acceptors (Lipinski definition) is 2. The van der Waals surface area contributed by atoms with Gasteiger partial charge in [-0.25, -0.2) is 0 Å². The van der Waals surface area contributed by atoms with Crippen LogP contribution in [0.15, 0.2) is 24.3 Å². The molecule has 0 spiro atoms. The van der Waals surface area contributed by atoms with Crippen molar-refractivity contribution in [1.82, 2.24) is 5.32 Å². The highest BCUT2D eigenvalue weighted by atomic mass is 15.2. The van der Waals surface area contributed by atoms with Crippen molar-refractivity contribution in [2.24, 2.45) is 0 Å². The predicted molar refractivity (Wildman–Crippen MR) is 74.5 cm³/mol. The van der Waals surface area contributed by atoms with Crippen molar-refractivity contribution in [3.8, 4) is 0 Å². The Morgan fingerprint density at radius 3 is 2.53 bits per heavy atom. The monoisotopic (exact) mass is 232 g/mol. The summed E-state index contributed by atoms with van der Waals surface area (Å²) in [5.41, 5.74) is 3.11. The summed E-state index contributed by atoms with van der Waals surface area (Å²) in [6.45, 7) is 10.0. The number of para-hydroxylation sites is 1. The molecule has 2 nitrogen and oxygen atoms in total. The van der Waals surface area contributed by atoms with Gasteiger partial charge < -0.3 is 10.2 Å². The standard InChI is InChI=1S/C15H24N2/c1-4-15(5-2)12-17(6-3)14-10-8-7-9-13(14)11-16-15/h7-10,16H,4-6,11-12H2,1-3H3. The largest absolute Gasteiger partial charge is 0.370 e. The summed E-state index contributed by atoms with van der Waals surface area (Å²) in [5.74, 6) is 0. The van der Waals surface area contributed by atoms with Gasteiger partial charge in [0.1, 0.15) is 0 Å². The van der Waals surface area contributed by atoms with Gasteiger partial charge >= 0.3 is 0 Å². The van der Waals surface area contributed by atoms with Gasteiger partial charge in [0.25, 0.3) is 0 Å². The first-order valence-electron chi connectivity index (χ1n) is 6.82. The Hall–Kier alpha value is -1.02. The van der Waals surface area contributed by atoms with Crippen molar-refractivity contribution >= 4 is 5.69 Å². The molecule has 0 saturated carbocycles. The van der Waals surface area contributed by atoms with Gasteiger partial charge in [0.2, 0.25) is 0 Å². The first kappa shape index (κ1) is 12.4. The Labute approximate surface area is 105 Å². The van der Waals surface area contributed by atoms with Crippen molar-refractivity contribution in [2.75, 3.05) is 18.0 Å². The lowest BCUT2D eigenvalue weighted by atomic mass is 9.92. The van der Waals surface area contributed by atoms with Gasteiger partial charge in [-0.05, 0) is 31.4 Å². The van der Waals surface area contributed by atoms with Crippen molar-refractivity contribution in [2.45, 2.75) is 45.7 Å². The first-order valence-corrected chi connectivity index (χ1v) is 6.82. The molecule has 94 valence electrons. The normalized spacial score (nSPS) is 18.6. The Balaban J connectivity index is 2.35. The van der Waals surface area contributed by atoms with E-state index >= 15 is 0 Å². The summed E-state index contributed by atoms with van der Waals surface area (Å²) in [5, 5.41) is 3.77. The van der Waals surface area contributed by atoms with E-state index in [0.717, 1.165) is 19.6 Å². The van der Waals surface area contributed by atoms with E-state index in [1.165, 1.54) is 24.1 Å². The van der Waals surface area contributed by atoms with Crippen LogP contribution in [0.4, 0.5) is 5.69 Å². The molecule has 1 N–H and O–H groups in total. The molecular weight excluding hydrogens is 208 g/mol. The Kier molecular flexibility index (Phi) is 3.72. The lowest BCUT2D eigenvalue weighted by molar-refractivity contribution is 0.308. The van der Waals surface area contributed by atoms with Crippen LogP contribution in [-0.2, 0) is 6.54 Å². The van der Waals surface area contributed by atoms with Gasteiger partial charge in [-0.2, -0.15) is 0 Å². The summed E-state index contributed by atoms with van der Waals surface area (Å²) in [6, 6.07) is 8.78. The number of benzene rings is 1. The molecule has 0 atom stereocenters. The van der Waals surface area contributed by atoms with E-state index in [0.29, 0.717) is 0 Å². The fraction of sp³-hybridized carbons (Fsp3) is 0.600. The van der Waals surface area contributed by atoms with Crippen LogP contribution in [0.1, 0.15) is 39.2 Å². The highest BCUT2D eigenvalue weighted by Gasteiger charge is 2.31. The fourth-order valence-corrected chi connectivity index (χ4v) is 2.76. The van der Waals surface area contributed by atoms with Crippen LogP contribution in [-0.4, -0.2) is 18.6 Å². The highest BCUT2D eigenvalue weighted by Crippen LogP contribution is 2.29. The molecule has 0 saturated heterocycles. The molecule has 0 amide bonds. The number of nitrogens with one attached hydrogen (secondary N) is 1. The topological polar surface area (TPSA) is 15.3 Å². The first-order chi connectivity index (χ1) is 8.24. The van der Waals surface area contributed by atoms with Crippen LogP contribution >= 0.6 is 0 Å². The van der Waals surface area contributed by atoms with Crippen molar-refractivity contribution in [3.63, 3.8) is 0 Å². The van der Waals surface area contributed by atoms with Crippen LogP contribution in [0.25, 0.3) is 0 Å². The number of fused-ring (bicyclic) bond motifs is 1. The third-order valence-corrected chi connectivity index (χ3v) is 4.21. The van der Waals surface area contributed by atoms with Crippen LogP contribution in [0.2, 0.25) is 0 Å². The summed E-state index contributed by atoms with van der Waals surface area (Å²) >= 11 is 0. The molecular formula is C15H24N2. The highest BCUT2D eigenvalue weighted by molar-refractivity contribution is 5.55. The second kappa shape index (κ2) is 5.09. The van der Waals surface area contributed by atoms with Crippen LogP contribution in [0.3, 0.4) is 0 Å². The molecule has 1 aromatic carbocycles. The number of hydrogen-bond donors (Lipinski definition) is 1. The molecule has 17 heavy (non-hydrogen) atoms. The smallest absolute Gasteiger partial charge is 0.0412 e. The summed E-state index contributed by atoms with van der Waals surface area (Å²) in [4.78, 5) is 2.52. The molecule has 0 unspecified atom stereocenters. The summed E-state index contributed by atoms with van der Waals surface area (Å²) in [6.07, 6.45) is 2.38. The predicted octanol–water partition coefficient (Wildman–Crippen LogP) is 3.17. The number of nitrogens with zero attached hydrogens (tertiary/aromatic N) is 1. The second-order valence-electron chi connectivity index (χ2n) is 4.98. The van der Waals surface area contributed by atoms with E-state index in [1.807, 2.05) is 0 Å². The van der Waals surface area contributed by atoms with Crippen molar-refractivity contribution < 1.29 is 0 Å². The molecule has 2 rings (SSSR count). The minimum atomic E-state index is 0.273. The van der Waals surface area contributed by atoms with E-state index in [1.54, 1.807) is 0 Å². The van der Waals surface area contributed by atoms with Gasteiger partial charge in [0, 0.05) is 30.9 Å². The van der Waals surface area contributed by atoms with Crippen LogP contribution < -0.4 is 10.2 Å². The van der Waals surface area contributed by atoms with Gasteiger partial charge in [0.05, 0.1) is 0 Å². The van der Waals surface area contributed by atoms with E-state index in [4.69, 9.17) is 0 Å². The third kappa shape index (κ3) is 2.32. The zero-order chi connectivity index (χ0) is 12.3. The Morgan fingerprint density at radius 2 is 1.88 bits per heavy atom. The summed E-state index contributed by atoms with van der Waals surface area (Å²) in [7, 11) is 0. The quantitative estimate of drug-likeness (QED) is 0.861. The van der Waals surface area contributed by atoms with Gasteiger partial charge in [-0.3, -0.25) is 0 Å². The lowest BCUT2D eigenvalue weighted by Crippen LogP contribution is -2.50. The van der Waals surface area contributed by atoms with E-state index < -0.39 is 0 Å². The molecule has 0 aliphatic carbocycles. The molecule has 1 heterocycles. The Morgan fingerprint density at radius 1 is 1.18 bits per heavy atom. The molecule has 0 aromatic heterocycles. The molecule has 1 aromatic rings. The van der Waals surface area contributed by atoms with Gasteiger partial charge in [0.15, 0.2) is 0 Å². The number of rotatable bonds is 3. The zero-order valence-corrected chi connectivity index (χ0v) is 11.3. The second-order valence-corrected chi connectivity index (χ2v) is 4.98. The van der Waals surface area contributed by atoms with E-state index in [-0.39, 0.29) is 5.54 Å².